The zero-order chi connectivity index (χ0) is 17.6. The lowest BCUT2D eigenvalue weighted by molar-refractivity contribution is 0.122. The Bertz CT molecular complexity index is 700. The molecule has 0 bridgehead atoms. The summed E-state index contributed by atoms with van der Waals surface area (Å²) in [6.45, 7) is 8.34. The fourth-order valence-electron chi connectivity index (χ4n) is 3.58. The Morgan fingerprint density at radius 1 is 1.00 bits per heavy atom. The molecule has 2 aromatic rings. The van der Waals surface area contributed by atoms with Crippen LogP contribution in [-0.2, 0) is 24.2 Å². The van der Waals surface area contributed by atoms with Gasteiger partial charge in [0.15, 0.2) is 0 Å². The van der Waals surface area contributed by atoms with Gasteiger partial charge >= 0.3 is 0 Å². The van der Waals surface area contributed by atoms with Crippen LogP contribution in [0.4, 0.5) is 5.95 Å². The number of nitrogens with zero attached hydrogens (tertiary/aromatic N) is 4. The number of anilines is 1. The van der Waals surface area contributed by atoms with E-state index in [0.29, 0.717) is 0 Å². The van der Waals surface area contributed by atoms with E-state index in [-0.39, 0.29) is 0 Å². The first-order valence-electron chi connectivity index (χ1n) is 9.52. The maximum Gasteiger partial charge on any atom is 0.225 e. The normalized spacial score (nSPS) is 17.9. The van der Waals surface area contributed by atoms with Gasteiger partial charge in [0, 0.05) is 63.8 Å². The zero-order valence-corrected chi connectivity index (χ0v) is 15.2. The number of rotatable bonds is 6. The average Bonchev–Trinajstić information content (AvgIpc) is 2.72. The van der Waals surface area contributed by atoms with Crippen molar-refractivity contribution in [3.05, 3.63) is 53.3 Å². The maximum atomic E-state index is 5.37. The molecular weight excluding hydrogens is 326 g/mol. The molecule has 4 rings (SSSR count). The molecule has 0 unspecified atom stereocenters. The van der Waals surface area contributed by atoms with Crippen molar-refractivity contribution in [1.82, 2.24) is 20.2 Å². The van der Waals surface area contributed by atoms with Gasteiger partial charge in [0.25, 0.3) is 0 Å². The third-order valence-electron chi connectivity index (χ3n) is 5.13. The monoisotopic (exact) mass is 353 g/mol. The minimum absolute atomic E-state index is 0.758. The van der Waals surface area contributed by atoms with Gasteiger partial charge < -0.3 is 15.0 Å². The van der Waals surface area contributed by atoms with Crippen LogP contribution in [0.5, 0.6) is 0 Å². The van der Waals surface area contributed by atoms with E-state index in [1.807, 2.05) is 12.4 Å². The predicted octanol–water partition coefficient (Wildman–Crippen LogP) is 1.46. The number of hydrogen-bond donors (Lipinski definition) is 1. The number of benzene rings is 1. The number of hydrogen-bond acceptors (Lipinski definition) is 6. The van der Waals surface area contributed by atoms with Gasteiger partial charge in [-0.2, -0.15) is 0 Å². The molecule has 0 atom stereocenters. The van der Waals surface area contributed by atoms with E-state index in [1.165, 1.54) is 11.1 Å². The van der Waals surface area contributed by atoms with Gasteiger partial charge in [-0.3, -0.25) is 4.90 Å². The summed E-state index contributed by atoms with van der Waals surface area (Å²) < 4.78 is 5.37. The van der Waals surface area contributed by atoms with Gasteiger partial charge in [-0.25, -0.2) is 9.97 Å². The van der Waals surface area contributed by atoms with Crippen molar-refractivity contribution in [1.29, 1.82) is 0 Å². The van der Waals surface area contributed by atoms with Gasteiger partial charge in [0.2, 0.25) is 5.95 Å². The van der Waals surface area contributed by atoms with E-state index in [0.717, 1.165) is 77.0 Å². The van der Waals surface area contributed by atoms with E-state index in [9.17, 15) is 0 Å². The molecule has 0 saturated carbocycles. The summed E-state index contributed by atoms with van der Waals surface area (Å²) in [7, 11) is 0. The highest BCUT2D eigenvalue weighted by atomic mass is 16.5. The molecule has 6 nitrogen and oxygen atoms in total. The molecule has 1 saturated heterocycles. The van der Waals surface area contributed by atoms with Gasteiger partial charge in [-0.1, -0.05) is 24.3 Å². The summed E-state index contributed by atoms with van der Waals surface area (Å²) in [5.41, 5.74) is 4.12. The number of aromatic nitrogens is 2. The third kappa shape index (κ3) is 4.38. The predicted molar refractivity (Wildman–Crippen MR) is 102 cm³/mol. The molecule has 2 aliphatic heterocycles. The van der Waals surface area contributed by atoms with E-state index in [2.05, 4.69) is 49.4 Å². The first-order chi connectivity index (χ1) is 12.9. The molecule has 0 spiro atoms. The topological polar surface area (TPSA) is 53.5 Å². The standard InChI is InChI=1S/C20H27N5O/c1-2-4-19-16-24(7-5-18(19)3-1)8-6-21-13-17-14-22-20(23-15-17)25-9-11-26-12-10-25/h1-4,14-15,21H,5-13,16H2. The van der Waals surface area contributed by atoms with E-state index in [1.54, 1.807) is 0 Å². The molecule has 2 aliphatic rings. The number of morpholine rings is 1. The molecule has 1 fully saturated rings. The van der Waals surface area contributed by atoms with Crippen LogP contribution in [0.1, 0.15) is 16.7 Å². The fourth-order valence-corrected chi connectivity index (χ4v) is 3.58. The Balaban J connectivity index is 1.19. The molecule has 6 heteroatoms. The van der Waals surface area contributed by atoms with Crippen LogP contribution in [0.2, 0.25) is 0 Å². The first kappa shape index (κ1) is 17.4. The SMILES string of the molecule is c1ccc2c(c1)CCN(CCNCc1cnc(N3CCOCC3)nc1)C2. The molecule has 1 aromatic heterocycles. The molecule has 1 aromatic carbocycles. The summed E-state index contributed by atoms with van der Waals surface area (Å²) >= 11 is 0. The van der Waals surface area contributed by atoms with Crippen molar-refractivity contribution < 1.29 is 4.74 Å². The Labute approximate surface area is 155 Å². The molecule has 138 valence electrons. The Kier molecular flexibility index (Phi) is 5.74. The summed E-state index contributed by atoms with van der Waals surface area (Å²) in [5.74, 6) is 0.809. The van der Waals surface area contributed by atoms with Crippen LogP contribution in [0.25, 0.3) is 0 Å². The van der Waals surface area contributed by atoms with Gasteiger partial charge in [0.1, 0.15) is 0 Å². The summed E-state index contributed by atoms with van der Waals surface area (Å²) in [5, 5.41) is 3.52. The summed E-state index contributed by atoms with van der Waals surface area (Å²) in [6, 6.07) is 8.79. The molecule has 1 N–H and O–H groups in total. The van der Waals surface area contributed by atoms with E-state index in [4.69, 9.17) is 4.74 Å². The second-order valence-corrected chi connectivity index (χ2v) is 6.96. The van der Waals surface area contributed by atoms with Crippen molar-refractivity contribution in [2.45, 2.75) is 19.5 Å². The molecule has 0 radical (unpaired) electrons. The average molecular weight is 353 g/mol. The van der Waals surface area contributed by atoms with E-state index < -0.39 is 0 Å². The Morgan fingerprint density at radius 3 is 2.58 bits per heavy atom. The van der Waals surface area contributed by atoms with Crippen LogP contribution in [-0.4, -0.2) is 60.8 Å². The van der Waals surface area contributed by atoms with Crippen LogP contribution in [0, 0.1) is 0 Å². The molecule has 3 heterocycles. The van der Waals surface area contributed by atoms with Crippen LogP contribution >= 0.6 is 0 Å². The van der Waals surface area contributed by atoms with Crippen LogP contribution in [0.15, 0.2) is 36.7 Å². The van der Waals surface area contributed by atoms with Crippen molar-refractivity contribution in [3.8, 4) is 0 Å². The van der Waals surface area contributed by atoms with Crippen molar-refractivity contribution in [3.63, 3.8) is 0 Å². The van der Waals surface area contributed by atoms with Crippen LogP contribution in [0.3, 0.4) is 0 Å². The largest absolute Gasteiger partial charge is 0.378 e. The highest BCUT2D eigenvalue weighted by Gasteiger charge is 2.15. The van der Waals surface area contributed by atoms with E-state index >= 15 is 0 Å². The maximum absolute atomic E-state index is 5.37. The van der Waals surface area contributed by atoms with Crippen molar-refractivity contribution in [2.75, 3.05) is 50.8 Å². The minimum atomic E-state index is 0.758. The minimum Gasteiger partial charge on any atom is -0.378 e. The lowest BCUT2D eigenvalue weighted by atomic mass is 10.00. The van der Waals surface area contributed by atoms with Crippen molar-refractivity contribution in [2.24, 2.45) is 0 Å². The molecular formula is C20H27N5O. The van der Waals surface area contributed by atoms with Gasteiger partial charge in [-0.05, 0) is 17.5 Å². The van der Waals surface area contributed by atoms with Gasteiger partial charge in [-0.15, -0.1) is 0 Å². The first-order valence-corrected chi connectivity index (χ1v) is 9.52. The van der Waals surface area contributed by atoms with Crippen LogP contribution < -0.4 is 10.2 Å². The molecule has 26 heavy (non-hydrogen) atoms. The lowest BCUT2D eigenvalue weighted by Crippen LogP contribution is -2.37. The van der Waals surface area contributed by atoms with Crippen molar-refractivity contribution >= 4 is 5.95 Å². The number of ether oxygens (including phenoxy) is 1. The quantitative estimate of drug-likeness (QED) is 0.794. The number of nitrogens with one attached hydrogen (secondary N) is 1. The molecule has 0 amide bonds. The summed E-state index contributed by atoms with van der Waals surface area (Å²) in [4.78, 5) is 13.7. The van der Waals surface area contributed by atoms with Gasteiger partial charge in [0.05, 0.1) is 13.2 Å². The fraction of sp³-hybridized carbons (Fsp3) is 0.500. The molecule has 0 aliphatic carbocycles. The highest BCUT2D eigenvalue weighted by molar-refractivity contribution is 5.30. The summed E-state index contributed by atoms with van der Waals surface area (Å²) in [6.07, 6.45) is 5.02. The lowest BCUT2D eigenvalue weighted by Gasteiger charge is -2.28. The second-order valence-electron chi connectivity index (χ2n) is 6.96. The zero-order valence-electron chi connectivity index (χ0n) is 15.2. The third-order valence-corrected chi connectivity index (χ3v) is 5.13. The second kappa shape index (κ2) is 8.58. The highest BCUT2D eigenvalue weighted by Crippen LogP contribution is 2.17. The Hall–Kier alpha value is -2.02. The number of fused-ring (bicyclic) bond motifs is 1. The smallest absolute Gasteiger partial charge is 0.225 e. The Morgan fingerprint density at radius 2 is 1.77 bits per heavy atom.